The van der Waals surface area contributed by atoms with Crippen LogP contribution in [0.2, 0.25) is 0 Å². The van der Waals surface area contributed by atoms with Crippen molar-refractivity contribution in [3.05, 3.63) is 23.8 Å². The summed E-state index contributed by atoms with van der Waals surface area (Å²) in [5.74, 6) is 1.25. The normalized spacial score (nSPS) is 21.5. The molecule has 28 heavy (non-hydrogen) atoms. The minimum Gasteiger partial charge on any atom is -0.497 e. The van der Waals surface area contributed by atoms with Gasteiger partial charge in [-0.15, -0.1) is 0 Å². The summed E-state index contributed by atoms with van der Waals surface area (Å²) in [5, 5.41) is 3.00. The van der Waals surface area contributed by atoms with Crippen LogP contribution in [0.25, 0.3) is 0 Å². The molecule has 154 valence electrons. The van der Waals surface area contributed by atoms with Gasteiger partial charge in [0.15, 0.2) is 0 Å². The summed E-state index contributed by atoms with van der Waals surface area (Å²) in [7, 11) is 4.88. The first-order valence-electron chi connectivity index (χ1n) is 9.86. The number of hydrogen-bond acceptors (Lipinski definition) is 5. The number of amides is 2. The van der Waals surface area contributed by atoms with Crippen LogP contribution in [-0.2, 0) is 14.3 Å². The van der Waals surface area contributed by atoms with Crippen molar-refractivity contribution in [1.82, 2.24) is 10.2 Å². The zero-order valence-corrected chi connectivity index (χ0v) is 16.9. The molecule has 2 aliphatic rings. The van der Waals surface area contributed by atoms with Gasteiger partial charge in [0.2, 0.25) is 11.8 Å². The van der Waals surface area contributed by atoms with Crippen LogP contribution >= 0.6 is 0 Å². The molecule has 0 bridgehead atoms. The third-order valence-electron chi connectivity index (χ3n) is 5.56. The van der Waals surface area contributed by atoms with Crippen molar-refractivity contribution < 1.29 is 23.8 Å². The molecule has 7 heteroatoms. The summed E-state index contributed by atoms with van der Waals surface area (Å²) in [6, 6.07) is 5.61. The molecular weight excluding hydrogens is 360 g/mol. The maximum Gasteiger partial charge on any atom is 0.225 e. The van der Waals surface area contributed by atoms with Crippen molar-refractivity contribution >= 4 is 11.8 Å². The van der Waals surface area contributed by atoms with E-state index in [9.17, 15) is 9.59 Å². The van der Waals surface area contributed by atoms with Gasteiger partial charge >= 0.3 is 0 Å². The minimum absolute atomic E-state index is 0.0305. The lowest BCUT2D eigenvalue weighted by atomic mass is 9.87. The van der Waals surface area contributed by atoms with Crippen molar-refractivity contribution in [2.75, 3.05) is 47.6 Å². The molecule has 1 heterocycles. The highest BCUT2D eigenvalue weighted by Gasteiger charge is 2.44. The number of nitrogens with one attached hydrogen (secondary N) is 1. The number of carbonyl (C=O) groups excluding carboxylic acids is 2. The fourth-order valence-electron chi connectivity index (χ4n) is 3.84. The van der Waals surface area contributed by atoms with E-state index >= 15 is 0 Å². The average Bonchev–Trinajstić information content (AvgIpc) is 3.48. The Morgan fingerprint density at radius 1 is 1.14 bits per heavy atom. The SMILES string of the molecule is COCCCNC(=O)[C@@H]1CN(C(=O)C2CC2)C[C@H]1c1cc(OC)ccc1OC. The molecule has 1 aliphatic carbocycles. The lowest BCUT2D eigenvalue weighted by Crippen LogP contribution is -2.36. The molecule has 1 aromatic rings. The molecule has 0 radical (unpaired) electrons. The maximum absolute atomic E-state index is 12.9. The van der Waals surface area contributed by atoms with E-state index in [1.165, 1.54) is 0 Å². The molecule has 1 aromatic carbocycles. The molecule has 2 fully saturated rings. The van der Waals surface area contributed by atoms with Gasteiger partial charge in [0.05, 0.1) is 20.1 Å². The fraction of sp³-hybridized carbons (Fsp3) is 0.619. The van der Waals surface area contributed by atoms with Crippen LogP contribution in [0.3, 0.4) is 0 Å². The molecule has 0 spiro atoms. The third kappa shape index (κ3) is 4.58. The second-order valence-corrected chi connectivity index (χ2v) is 7.48. The molecule has 2 atom stereocenters. The highest BCUT2D eigenvalue weighted by molar-refractivity contribution is 5.85. The Balaban J connectivity index is 1.82. The van der Waals surface area contributed by atoms with E-state index in [1.807, 2.05) is 23.1 Å². The average molecular weight is 390 g/mol. The van der Waals surface area contributed by atoms with Crippen LogP contribution in [0.4, 0.5) is 0 Å². The summed E-state index contributed by atoms with van der Waals surface area (Å²) in [5.41, 5.74) is 0.907. The first kappa shape index (κ1) is 20.5. The van der Waals surface area contributed by atoms with Gasteiger partial charge in [0.1, 0.15) is 11.5 Å². The standard InChI is InChI=1S/C21H30N2O5/c1-26-10-4-9-22-20(24)18-13-23(21(25)14-5-6-14)12-17(18)16-11-15(27-2)7-8-19(16)28-3/h7-8,11,14,17-18H,4-6,9-10,12-13H2,1-3H3,(H,22,24)/t17-,18+/m0/s1. The predicted molar refractivity (Wildman–Crippen MR) is 105 cm³/mol. The monoisotopic (exact) mass is 390 g/mol. The number of nitrogens with zero attached hydrogens (tertiary/aromatic N) is 1. The summed E-state index contributed by atoms with van der Waals surface area (Å²) in [4.78, 5) is 27.4. The largest absolute Gasteiger partial charge is 0.497 e. The quantitative estimate of drug-likeness (QED) is 0.651. The first-order valence-corrected chi connectivity index (χ1v) is 9.86. The van der Waals surface area contributed by atoms with Crippen LogP contribution in [0.1, 0.15) is 30.7 Å². The Bertz CT molecular complexity index is 704. The van der Waals surface area contributed by atoms with Crippen LogP contribution in [0.5, 0.6) is 11.5 Å². The van der Waals surface area contributed by atoms with Crippen molar-refractivity contribution in [3.63, 3.8) is 0 Å². The number of rotatable bonds is 9. The molecular formula is C21H30N2O5. The van der Waals surface area contributed by atoms with E-state index in [-0.39, 0.29) is 29.6 Å². The Kier molecular flexibility index (Phi) is 6.78. The van der Waals surface area contributed by atoms with Crippen LogP contribution in [-0.4, -0.2) is 64.3 Å². The van der Waals surface area contributed by atoms with Crippen LogP contribution in [0.15, 0.2) is 18.2 Å². The van der Waals surface area contributed by atoms with E-state index in [0.29, 0.717) is 37.7 Å². The van der Waals surface area contributed by atoms with Gasteiger partial charge in [-0.25, -0.2) is 0 Å². The zero-order valence-electron chi connectivity index (χ0n) is 16.9. The predicted octanol–water partition coefficient (Wildman–Crippen LogP) is 1.81. The molecule has 1 saturated carbocycles. The lowest BCUT2D eigenvalue weighted by Gasteiger charge is -2.21. The highest BCUT2D eigenvalue weighted by Crippen LogP contribution is 2.41. The van der Waals surface area contributed by atoms with Gasteiger partial charge in [0, 0.05) is 50.8 Å². The van der Waals surface area contributed by atoms with E-state index in [0.717, 1.165) is 24.8 Å². The van der Waals surface area contributed by atoms with E-state index < -0.39 is 0 Å². The summed E-state index contributed by atoms with van der Waals surface area (Å²) < 4.78 is 16.0. The van der Waals surface area contributed by atoms with E-state index in [1.54, 1.807) is 21.3 Å². The second-order valence-electron chi connectivity index (χ2n) is 7.48. The topological polar surface area (TPSA) is 77.1 Å². The maximum atomic E-state index is 12.9. The molecule has 1 saturated heterocycles. The van der Waals surface area contributed by atoms with Crippen LogP contribution < -0.4 is 14.8 Å². The summed E-state index contributed by atoms with van der Waals surface area (Å²) in [6.07, 6.45) is 2.67. The van der Waals surface area contributed by atoms with Crippen LogP contribution in [0, 0.1) is 11.8 Å². The first-order chi connectivity index (χ1) is 13.6. The Morgan fingerprint density at radius 2 is 1.93 bits per heavy atom. The van der Waals surface area contributed by atoms with E-state index in [4.69, 9.17) is 14.2 Å². The number of likely N-dealkylation sites (tertiary alicyclic amines) is 1. The number of hydrogen-bond donors (Lipinski definition) is 1. The highest BCUT2D eigenvalue weighted by atomic mass is 16.5. The third-order valence-corrected chi connectivity index (χ3v) is 5.56. The minimum atomic E-state index is -0.314. The molecule has 2 amide bonds. The number of ether oxygens (including phenoxy) is 3. The molecule has 7 nitrogen and oxygen atoms in total. The van der Waals surface area contributed by atoms with Gasteiger partial charge in [-0.05, 0) is 37.5 Å². The molecule has 0 aromatic heterocycles. The molecule has 3 rings (SSSR count). The Hall–Kier alpha value is -2.28. The van der Waals surface area contributed by atoms with Gasteiger partial charge in [-0.2, -0.15) is 0 Å². The summed E-state index contributed by atoms with van der Waals surface area (Å²) >= 11 is 0. The Labute approximate surface area is 166 Å². The van der Waals surface area contributed by atoms with Gasteiger partial charge in [0.25, 0.3) is 0 Å². The number of methoxy groups -OCH3 is 3. The smallest absolute Gasteiger partial charge is 0.225 e. The van der Waals surface area contributed by atoms with E-state index in [2.05, 4.69) is 5.32 Å². The van der Waals surface area contributed by atoms with Crippen molar-refractivity contribution in [2.45, 2.75) is 25.2 Å². The lowest BCUT2D eigenvalue weighted by molar-refractivity contribution is -0.132. The van der Waals surface area contributed by atoms with Gasteiger partial charge in [-0.1, -0.05) is 0 Å². The second kappa shape index (κ2) is 9.28. The fourth-order valence-corrected chi connectivity index (χ4v) is 3.84. The molecule has 1 aliphatic heterocycles. The molecule has 1 N–H and O–H groups in total. The van der Waals surface area contributed by atoms with Crippen molar-refractivity contribution in [1.29, 1.82) is 0 Å². The van der Waals surface area contributed by atoms with Gasteiger partial charge in [-0.3, -0.25) is 9.59 Å². The number of carbonyl (C=O) groups is 2. The van der Waals surface area contributed by atoms with Crippen molar-refractivity contribution in [2.24, 2.45) is 11.8 Å². The number of benzene rings is 1. The zero-order chi connectivity index (χ0) is 20.1. The summed E-state index contributed by atoms with van der Waals surface area (Å²) in [6.45, 7) is 2.12. The molecule has 0 unspecified atom stereocenters. The Morgan fingerprint density at radius 3 is 2.57 bits per heavy atom. The van der Waals surface area contributed by atoms with Crippen molar-refractivity contribution in [3.8, 4) is 11.5 Å². The van der Waals surface area contributed by atoms with Gasteiger partial charge < -0.3 is 24.4 Å².